The highest BCUT2D eigenvalue weighted by Crippen LogP contribution is 2.37. The maximum absolute atomic E-state index is 11.8. The number of carbonyl (C=O) groups is 2. The van der Waals surface area contributed by atoms with Crippen LogP contribution in [-0.2, 0) is 9.59 Å². The third-order valence-corrected chi connectivity index (χ3v) is 6.89. The summed E-state index contributed by atoms with van der Waals surface area (Å²) in [6.45, 7) is 7.25. The van der Waals surface area contributed by atoms with E-state index < -0.39 is 11.8 Å². The molecule has 7 heteroatoms. The standard InChI is InChI=1S/C31H39N3O4/c1-5-29(36)33-25-16-12-23(13-17-25)28(24-14-18-26(19-15-24)34-30(37)6-2)20-21(3)31(32,22(4)35)38-27-10-8-7-9-11-27/h7-19,21-22,28,35H,5-6,20,32H2,1-4H3,(H,33,36)(H,34,37)/t21-,22?,31?/m1/s1. The van der Waals surface area contributed by atoms with Gasteiger partial charge in [0, 0.05) is 36.1 Å². The van der Waals surface area contributed by atoms with E-state index in [2.05, 4.69) is 10.6 Å². The second kappa shape index (κ2) is 13.2. The van der Waals surface area contributed by atoms with E-state index in [0.29, 0.717) is 25.0 Å². The number of amides is 2. The van der Waals surface area contributed by atoms with Gasteiger partial charge in [0.25, 0.3) is 0 Å². The zero-order chi connectivity index (χ0) is 27.7. The molecule has 0 spiro atoms. The van der Waals surface area contributed by atoms with Crippen LogP contribution in [0.5, 0.6) is 5.75 Å². The summed E-state index contributed by atoms with van der Waals surface area (Å²) in [7, 11) is 0. The predicted molar refractivity (Wildman–Crippen MR) is 152 cm³/mol. The van der Waals surface area contributed by atoms with E-state index >= 15 is 0 Å². The molecule has 2 amide bonds. The minimum atomic E-state index is -1.33. The van der Waals surface area contributed by atoms with E-state index in [1.54, 1.807) is 6.92 Å². The maximum Gasteiger partial charge on any atom is 0.224 e. The van der Waals surface area contributed by atoms with Gasteiger partial charge in [-0.3, -0.25) is 15.3 Å². The van der Waals surface area contributed by atoms with Crippen molar-refractivity contribution in [2.45, 2.75) is 64.7 Å². The molecular weight excluding hydrogens is 478 g/mol. The van der Waals surface area contributed by atoms with Crippen LogP contribution >= 0.6 is 0 Å². The van der Waals surface area contributed by atoms with Crippen molar-refractivity contribution in [3.63, 3.8) is 0 Å². The first-order valence-electron chi connectivity index (χ1n) is 13.2. The average molecular weight is 518 g/mol. The van der Waals surface area contributed by atoms with Crippen LogP contribution in [0.2, 0.25) is 0 Å². The van der Waals surface area contributed by atoms with Gasteiger partial charge in [-0.25, -0.2) is 0 Å². The summed E-state index contributed by atoms with van der Waals surface area (Å²) in [6, 6.07) is 24.8. The summed E-state index contributed by atoms with van der Waals surface area (Å²) in [5.74, 6) is 0.155. The van der Waals surface area contributed by atoms with Gasteiger partial charge >= 0.3 is 0 Å². The van der Waals surface area contributed by atoms with E-state index in [4.69, 9.17) is 10.5 Å². The minimum absolute atomic E-state index is 0.0458. The van der Waals surface area contributed by atoms with E-state index in [-0.39, 0.29) is 23.7 Å². The summed E-state index contributed by atoms with van der Waals surface area (Å²) in [6.07, 6.45) is 0.455. The number of hydrogen-bond acceptors (Lipinski definition) is 5. The highest BCUT2D eigenvalue weighted by atomic mass is 16.5. The lowest BCUT2D eigenvalue weighted by Gasteiger charge is -2.39. The van der Waals surface area contributed by atoms with E-state index in [1.807, 2.05) is 99.6 Å². The van der Waals surface area contributed by atoms with Gasteiger partial charge in [0.15, 0.2) is 5.72 Å². The Morgan fingerprint density at radius 2 is 1.26 bits per heavy atom. The molecule has 0 radical (unpaired) electrons. The summed E-state index contributed by atoms with van der Waals surface area (Å²) in [5.41, 5.74) is 8.94. The van der Waals surface area contributed by atoms with Crippen molar-refractivity contribution in [1.82, 2.24) is 0 Å². The van der Waals surface area contributed by atoms with Gasteiger partial charge in [-0.05, 0) is 60.9 Å². The predicted octanol–water partition coefficient (Wildman–Crippen LogP) is 5.66. The van der Waals surface area contributed by atoms with Crippen molar-refractivity contribution in [2.75, 3.05) is 10.6 Å². The molecule has 0 aromatic heterocycles. The molecular formula is C31H39N3O4. The van der Waals surface area contributed by atoms with Crippen LogP contribution in [0, 0.1) is 5.92 Å². The number of rotatable bonds is 12. The van der Waals surface area contributed by atoms with Crippen LogP contribution < -0.4 is 21.1 Å². The fraction of sp³-hybridized carbons (Fsp3) is 0.355. The molecule has 0 saturated heterocycles. The van der Waals surface area contributed by atoms with Gasteiger partial charge in [0.2, 0.25) is 11.8 Å². The third kappa shape index (κ3) is 7.43. The summed E-state index contributed by atoms with van der Waals surface area (Å²) in [4.78, 5) is 23.7. The summed E-state index contributed by atoms with van der Waals surface area (Å²) in [5, 5.41) is 16.5. The Morgan fingerprint density at radius 3 is 1.66 bits per heavy atom. The molecule has 0 aliphatic rings. The highest BCUT2D eigenvalue weighted by molar-refractivity contribution is 5.91. The Labute approximate surface area is 225 Å². The topological polar surface area (TPSA) is 114 Å². The molecule has 5 N–H and O–H groups in total. The summed E-state index contributed by atoms with van der Waals surface area (Å²) >= 11 is 0. The monoisotopic (exact) mass is 517 g/mol. The van der Waals surface area contributed by atoms with E-state index in [1.165, 1.54) is 0 Å². The molecule has 38 heavy (non-hydrogen) atoms. The SMILES string of the molecule is CCC(=O)Nc1ccc(C(C[C@@H](C)C(N)(Oc2ccccc2)C(C)O)c2ccc(NC(=O)CC)cc2)cc1. The van der Waals surface area contributed by atoms with Gasteiger partial charge in [-0.15, -0.1) is 0 Å². The average Bonchev–Trinajstić information content (AvgIpc) is 2.92. The highest BCUT2D eigenvalue weighted by Gasteiger charge is 2.41. The van der Waals surface area contributed by atoms with Crippen molar-refractivity contribution < 1.29 is 19.4 Å². The second-order valence-electron chi connectivity index (χ2n) is 9.68. The molecule has 0 fully saturated rings. The molecule has 0 aliphatic heterocycles. The van der Waals surface area contributed by atoms with Crippen LogP contribution in [0.3, 0.4) is 0 Å². The normalized spacial score (nSPS) is 14.3. The Bertz CT molecular complexity index is 1120. The van der Waals surface area contributed by atoms with Crippen LogP contribution in [0.1, 0.15) is 64.0 Å². The number of ether oxygens (including phenoxy) is 1. The zero-order valence-electron chi connectivity index (χ0n) is 22.6. The first kappa shape index (κ1) is 28.9. The number of carbonyl (C=O) groups excluding carboxylic acids is 2. The van der Waals surface area contributed by atoms with Crippen molar-refractivity contribution in [2.24, 2.45) is 11.7 Å². The molecule has 0 saturated carbocycles. The molecule has 0 aliphatic carbocycles. The Morgan fingerprint density at radius 1 is 0.816 bits per heavy atom. The van der Waals surface area contributed by atoms with Crippen molar-refractivity contribution in [3.05, 3.63) is 90.0 Å². The van der Waals surface area contributed by atoms with Gasteiger partial charge in [0.05, 0.1) is 0 Å². The van der Waals surface area contributed by atoms with E-state index in [9.17, 15) is 14.7 Å². The zero-order valence-corrected chi connectivity index (χ0v) is 22.6. The number of para-hydroxylation sites is 1. The number of aliphatic hydroxyl groups excluding tert-OH is 1. The molecule has 202 valence electrons. The minimum Gasteiger partial charge on any atom is -0.470 e. The Kier molecular flexibility index (Phi) is 10.0. The van der Waals surface area contributed by atoms with Crippen LogP contribution in [0.15, 0.2) is 78.9 Å². The quantitative estimate of drug-likeness (QED) is 0.232. The largest absolute Gasteiger partial charge is 0.470 e. The van der Waals surface area contributed by atoms with Crippen LogP contribution in [-0.4, -0.2) is 28.7 Å². The van der Waals surface area contributed by atoms with Crippen molar-refractivity contribution in [3.8, 4) is 5.75 Å². The Balaban J connectivity index is 1.93. The summed E-state index contributed by atoms with van der Waals surface area (Å²) < 4.78 is 6.18. The lowest BCUT2D eigenvalue weighted by molar-refractivity contribution is -0.116. The number of aliphatic hydroxyl groups is 1. The van der Waals surface area contributed by atoms with Gasteiger partial charge in [0.1, 0.15) is 11.9 Å². The van der Waals surface area contributed by atoms with Crippen molar-refractivity contribution in [1.29, 1.82) is 0 Å². The van der Waals surface area contributed by atoms with Crippen LogP contribution in [0.25, 0.3) is 0 Å². The van der Waals surface area contributed by atoms with Gasteiger partial charge in [-0.1, -0.05) is 63.2 Å². The first-order valence-corrected chi connectivity index (χ1v) is 13.2. The number of nitrogens with one attached hydrogen (secondary N) is 2. The molecule has 7 nitrogen and oxygen atoms in total. The number of benzene rings is 3. The molecule has 0 heterocycles. The fourth-order valence-electron chi connectivity index (χ4n) is 4.39. The molecule has 0 bridgehead atoms. The number of anilines is 2. The molecule has 3 aromatic rings. The van der Waals surface area contributed by atoms with E-state index in [0.717, 1.165) is 22.5 Å². The van der Waals surface area contributed by atoms with Crippen molar-refractivity contribution >= 4 is 23.2 Å². The molecule has 3 aromatic carbocycles. The number of nitrogens with two attached hydrogens (primary N) is 1. The lowest BCUT2D eigenvalue weighted by Crippen LogP contribution is -2.59. The Hall–Kier alpha value is -3.68. The van der Waals surface area contributed by atoms with Gasteiger partial charge in [-0.2, -0.15) is 0 Å². The van der Waals surface area contributed by atoms with Gasteiger partial charge < -0.3 is 20.5 Å². The maximum atomic E-state index is 11.8. The molecule has 3 atom stereocenters. The smallest absolute Gasteiger partial charge is 0.224 e. The number of hydrogen-bond donors (Lipinski definition) is 4. The second-order valence-corrected chi connectivity index (χ2v) is 9.68. The molecule has 2 unspecified atom stereocenters. The fourth-order valence-corrected chi connectivity index (χ4v) is 4.39. The first-order chi connectivity index (χ1) is 18.2. The lowest BCUT2D eigenvalue weighted by atomic mass is 9.79. The van der Waals surface area contributed by atoms with Crippen LogP contribution in [0.4, 0.5) is 11.4 Å². The molecule has 3 rings (SSSR count). The third-order valence-electron chi connectivity index (χ3n) is 6.89.